The number of benzene rings is 1. The van der Waals surface area contributed by atoms with E-state index in [2.05, 4.69) is 5.32 Å². The largest absolute Gasteiger partial charge is 0.381 e. The lowest BCUT2D eigenvalue weighted by Gasteiger charge is -2.28. The molecule has 0 amide bonds. The van der Waals surface area contributed by atoms with Crippen LogP contribution in [0.3, 0.4) is 0 Å². The molecular weight excluding hydrogens is 446 g/mol. The van der Waals surface area contributed by atoms with Crippen LogP contribution in [-0.2, 0) is 34.3 Å². The molecule has 3 fully saturated rings. The smallest absolute Gasteiger partial charge is 0.245 e. The van der Waals surface area contributed by atoms with Crippen molar-refractivity contribution in [1.29, 1.82) is 0 Å². The highest BCUT2D eigenvalue weighted by Gasteiger charge is 2.32. The van der Waals surface area contributed by atoms with Gasteiger partial charge in [0.05, 0.1) is 43.1 Å². The van der Waals surface area contributed by atoms with Gasteiger partial charge in [-0.3, -0.25) is 0 Å². The Kier molecular flexibility index (Phi) is 7.16. The van der Waals surface area contributed by atoms with E-state index in [0.717, 1.165) is 12.8 Å². The molecule has 0 aromatic heterocycles. The minimum atomic E-state index is -3.91. The molecular formula is C19H29N3O7S2. The van der Waals surface area contributed by atoms with Gasteiger partial charge in [-0.1, -0.05) is 0 Å². The molecule has 174 valence electrons. The van der Waals surface area contributed by atoms with Crippen LogP contribution in [0.2, 0.25) is 0 Å². The number of morpholine rings is 2. The van der Waals surface area contributed by atoms with Gasteiger partial charge in [0.1, 0.15) is 4.90 Å². The zero-order valence-corrected chi connectivity index (χ0v) is 19.0. The fourth-order valence-electron chi connectivity index (χ4n) is 3.91. The van der Waals surface area contributed by atoms with Gasteiger partial charge >= 0.3 is 0 Å². The van der Waals surface area contributed by atoms with Crippen LogP contribution in [0.1, 0.15) is 12.8 Å². The van der Waals surface area contributed by atoms with Gasteiger partial charge in [-0.2, -0.15) is 8.61 Å². The predicted molar refractivity (Wildman–Crippen MR) is 113 cm³/mol. The van der Waals surface area contributed by atoms with Gasteiger partial charge in [0, 0.05) is 39.3 Å². The Hall–Kier alpha value is -1.28. The van der Waals surface area contributed by atoms with E-state index in [1.54, 1.807) is 0 Å². The van der Waals surface area contributed by atoms with Crippen molar-refractivity contribution < 1.29 is 31.0 Å². The van der Waals surface area contributed by atoms with Gasteiger partial charge < -0.3 is 19.5 Å². The average Bonchev–Trinajstić information content (AvgIpc) is 3.32. The van der Waals surface area contributed by atoms with E-state index in [0.29, 0.717) is 45.3 Å². The SMILES string of the molecule is O=S(=O)(c1ccc(NCC2CCCO2)c(S(=O)(=O)N2CCOCC2)c1)N1CCOCC1. The summed E-state index contributed by atoms with van der Waals surface area (Å²) < 4.78 is 71.9. The number of hydrogen-bond acceptors (Lipinski definition) is 8. The molecule has 0 aliphatic carbocycles. The molecule has 3 aliphatic rings. The first-order valence-corrected chi connectivity index (χ1v) is 13.4. The molecule has 1 aromatic rings. The van der Waals surface area contributed by atoms with E-state index >= 15 is 0 Å². The van der Waals surface area contributed by atoms with Gasteiger partial charge in [0.15, 0.2) is 0 Å². The van der Waals surface area contributed by atoms with Gasteiger partial charge in [0.2, 0.25) is 20.0 Å². The molecule has 0 radical (unpaired) electrons. The Bertz CT molecular complexity index is 966. The summed E-state index contributed by atoms with van der Waals surface area (Å²) >= 11 is 0. The van der Waals surface area contributed by atoms with E-state index in [-0.39, 0.29) is 42.1 Å². The van der Waals surface area contributed by atoms with Crippen LogP contribution in [0.25, 0.3) is 0 Å². The fourth-order valence-corrected chi connectivity index (χ4v) is 7.03. The van der Waals surface area contributed by atoms with Crippen LogP contribution >= 0.6 is 0 Å². The van der Waals surface area contributed by atoms with Crippen LogP contribution < -0.4 is 5.32 Å². The zero-order valence-electron chi connectivity index (χ0n) is 17.4. The molecule has 0 bridgehead atoms. The lowest BCUT2D eigenvalue weighted by atomic mass is 10.2. The van der Waals surface area contributed by atoms with Crippen molar-refractivity contribution in [2.24, 2.45) is 0 Å². The normalized spacial score (nSPS) is 24.3. The molecule has 3 aliphatic heterocycles. The Balaban J connectivity index is 1.67. The van der Waals surface area contributed by atoms with Crippen LogP contribution in [0, 0.1) is 0 Å². The maximum atomic E-state index is 13.4. The highest BCUT2D eigenvalue weighted by Crippen LogP contribution is 2.30. The molecule has 10 nitrogen and oxygen atoms in total. The number of nitrogens with zero attached hydrogens (tertiary/aromatic N) is 2. The molecule has 1 unspecified atom stereocenters. The first kappa shape index (κ1) is 22.9. The minimum absolute atomic E-state index is 0.00991. The molecule has 0 spiro atoms. The first-order chi connectivity index (χ1) is 14.9. The van der Waals surface area contributed by atoms with Crippen LogP contribution in [-0.4, -0.2) is 97.3 Å². The van der Waals surface area contributed by atoms with E-state index in [1.165, 1.54) is 26.8 Å². The summed E-state index contributed by atoms with van der Waals surface area (Å²) in [6.45, 7) is 3.36. The van der Waals surface area contributed by atoms with E-state index in [1.807, 2.05) is 0 Å². The molecule has 12 heteroatoms. The van der Waals surface area contributed by atoms with Crippen molar-refractivity contribution in [2.75, 3.05) is 71.1 Å². The molecule has 3 saturated heterocycles. The summed E-state index contributed by atoms with van der Waals surface area (Å²) in [7, 11) is -7.74. The van der Waals surface area contributed by atoms with Crippen molar-refractivity contribution >= 4 is 25.7 Å². The summed E-state index contributed by atoms with van der Waals surface area (Å²) in [5.41, 5.74) is 0.378. The van der Waals surface area contributed by atoms with Gasteiger partial charge in [-0.25, -0.2) is 16.8 Å². The summed E-state index contributed by atoms with van der Waals surface area (Å²) in [6, 6.07) is 4.27. The third-order valence-corrected chi connectivity index (χ3v) is 9.53. The molecule has 4 rings (SSSR count). The Labute approximate surface area is 183 Å². The lowest BCUT2D eigenvalue weighted by Crippen LogP contribution is -2.41. The highest BCUT2D eigenvalue weighted by molar-refractivity contribution is 7.90. The summed E-state index contributed by atoms with van der Waals surface area (Å²) in [6.07, 6.45) is 1.89. The maximum Gasteiger partial charge on any atom is 0.245 e. The maximum absolute atomic E-state index is 13.4. The standard InChI is InChI=1S/C19H29N3O7S2/c23-30(24,21-5-10-27-11-6-21)17-3-4-18(20-15-16-2-1-9-29-16)19(14-17)31(25,26)22-7-12-28-13-8-22/h3-4,14,16,20H,1-2,5-13,15H2. The average molecular weight is 476 g/mol. The second kappa shape index (κ2) is 9.69. The van der Waals surface area contributed by atoms with Crippen molar-refractivity contribution in [1.82, 2.24) is 8.61 Å². The van der Waals surface area contributed by atoms with E-state index < -0.39 is 20.0 Å². The van der Waals surface area contributed by atoms with E-state index in [4.69, 9.17) is 14.2 Å². The van der Waals surface area contributed by atoms with Crippen molar-refractivity contribution in [3.63, 3.8) is 0 Å². The Morgan fingerprint density at radius 1 is 0.871 bits per heavy atom. The molecule has 31 heavy (non-hydrogen) atoms. The highest BCUT2D eigenvalue weighted by atomic mass is 32.2. The van der Waals surface area contributed by atoms with Crippen LogP contribution in [0.4, 0.5) is 5.69 Å². The number of rotatable bonds is 7. The molecule has 0 saturated carbocycles. The van der Waals surface area contributed by atoms with Gasteiger partial charge in [-0.15, -0.1) is 0 Å². The third-order valence-electron chi connectivity index (χ3n) is 5.69. The second-order valence-electron chi connectivity index (χ2n) is 7.71. The number of nitrogens with one attached hydrogen (secondary N) is 1. The van der Waals surface area contributed by atoms with Gasteiger partial charge in [-0.05, 0) is 31.0 Å². The molecule has 1 aromatic carbocycles. The van der Waals surface area contributed by atoms with Crippen molar-refractivity contribution in [3.05, 3.63) is 18.2 Å². The van der Waals surface area contributed by atoms with Crippen molar-refractivity contribution in [3.8, 4) is 0 Å². The zero-order chi connectivity index (χ0) is 21.9. The van der Waals surface area contributed by atoms with Crippen molar-refractivity contribution in [2.45, 2.75) is 28.7 Å². The number of sulfonamides is 2. The minimum Gasteiger partial charge on any atom is -0.381 e. The monoisotopic (exact) mass is 475 g/mol. The van der Waals surface area contributed by atoms with E-state index in [9.17, 15) is 16.8 Å². The second-order valence-corrected chi connectivity index (χ2v) is 11.6. The summed E-state index contributed by atoms with van der Waals surface area (Å²) in [5, 5.41) is 3.17. The van der Waals surface area contributed by atoms with Gasteiger partial charge in [0.25, 0.3) is 0 Å². The molecule has 3 heterocycles. The molecule has 1 N–H and O–H groups in total. The van der Waals surface area contributed by atoms with Crippen LogP contribution in [0.5, 0.6) is 0 Å². The number of anilines is 1. The summed E-state index contributed by atoms with van der Waals surface area (Å²) in [5.74, 6) is 0. The Morgan fingerprint density at radius 2 is 1.48 bits per heavy atom. The summed E-state index contributed by atoms with van der Waals surface area (Å²) in [4.78, 5) is -0.0781. The lowest BCUT2D eigenvalue weighted by molar-refractivity contribution is 0.0729. The first-order valence-electron chi connectivity index (χ1n) is 10.5. The topological polar surface area (TPSA) is 114 Å². The predicted octanol–water partition coefficient (Wildman–Crippen LogP) is 0.319. The number of ether oxygens (including phenoxy) is 3. The van der Waals surface area contributed by atoms with Crippen LogP contribution in [0.15, 0.2) is 28.0 Å². The number of hydrogen-bond donors (Lipinski definition) is 1. The third kappa shape index (κ3) is 5.05. The Morgan fingerprint density at radius 3 is 2.06 bits per heavy atom. The quantitative estimate of drug-likeness (QED) is 0.600. The molecule has 1 atom stereocenters. The fraction of sp³-hybridized carbons (Fsp3) is 0.684.